The van der Waals surface area contributed by atoms with Gasteiger partial charge in [0, 0.05) is 11.7 Å². The number of hydrogen-bond acceptors (Lipinski definition) is 1. The zero-order chi connectivity index (χ0) is 14.9. The number of halogens is 2. The Hall–Kier alpha value is -1.35. The van der Waals surface area contributed by atoms with E-state index in [1.807, 2.05) is 12.1 Å². The lowest BCUT2D eigenvalue weighted by Crippen LogP contribution is -2.09. The van der Waals surface area contributed by atoms with Crippen molar-refractivity contribution in [2.24, 2.45) is 0 Å². The SMILES string of the molecule is Cc1cc(C)c(NC(C)c2ccc(F)c(Br)c2)c(C)c1. The predicted octanol–water partition coefficient (Wildman–Crippen LogP) is 5.69. The van der Waals surface area contributed by atoms with Crippen LogP contribution in [0.25, 0.3) is 0 Å². The minimum absolute atomic E-state index is 0.118. The summed E-state index contributed by atoms with van der Waals surface area (Å²) in [6.45, 7) is 8.40. The second kappa shape index (κ2) is 5.96. The molecule has 0 spiro atoms. The lowest BCUT2D eigenvalue weighted by atomic mass is 10.0. The van der Waals surface area contributed by atoms with Crippen LogP contribution in [0.5, 0.6) is 0 Å². The smallest absolute Gasteiger partial charge is 0.137 e. The number of anilines is 1. The van der Waals surface area contributed by atoms with E-state index in [0.29, 0.717) is 4.47 Å². The molecule has 0 bridgehead atoms. The lowest BCUT2D eigenvalue weighted by Gasteiger charge is -2.20. The van der Waals surface area contributed by atoms with Crippen LogP contribution < -0.4 is 5.32 Å². The van der Waals surface area contributed by atoms with Crippen LogP contribution in [0.2, 0.25) is 0 Å². The van der Waals surface area contributed by atoms with Crippen molar-refractivity contribution in [3.8, 4) is 0 Å². The molecule has 0 saturated carbocycles. The molecule has 0 aliphatic heterocycles. The molecule has 2 rings (SSSR count). The second-order valence-electron chi connectivity index (χ2n) is 5.31. The van der Waals surface area contributed by atoms with Gasteiger partial charge >= 0.3 is 0 Å². The zero-order valence-corrected chi connectivity index (χ0v) is 13.8. The molecule has 3 heteroatoms. The van der Waals surface area contributed by atoms with Gasteiger partial charge in [-0.3, -0.25) is 0 Å². The fraction of sp³-hybridized carbons (Fsp3) is 0.294. The van der Waals surface area contributed by atoms with Gasteiger partial charge < -0.3 is 5.32 Å². The molecule has 1 N–H and O–H groups in total. The summed E-state index contributed by atoms with van der Waals surface area (Å²) in [6, 6.07) is 9.59. The van der Waals surface area contributed by atoms with Crippen LogP contribution in [0.15, 0.2) is 34.8 Å². The lowest BCUT2D eigenvalue weighted by molar-refractivity contribution is 0.619. The van der Waals surface area contributed by atoms with Gasteiger partial charge in [0.1, 0.15) is 5.82 Å². The second-order valence-corrected chi connectivity index (χ2v) is 6.17. The maximum atomic E-state index is 13.3. The molecule has 0 saturated heterocycles. The highest BCUT2D eigenvalue weighted by Gasteiger charge is 2.11. The van der Waals surface area contributed by atoms with Crippen LogP contribution in [0.3, 0.4) is 0 Å². The van der Waals surface area contributed by atoms with Gasteiger partial charge in [0.25, 0.3) is 0 Å². The van der Waals surface area contributed by atoms with Gasteiger partial charge in [-0.1, -0.05) is 23.8 Å². The number of benzene rings is 2. The number of nitrogens with one attached hydrogen (secondary N) is 1. The Balaban J connectivity index is 2.27. The third-order valence-electron chi connectivity index (χ3n) is 3.48. The average Bonchev–Trinajstić information content (AvgIpc) is 2.36. The highest BCUT2D eigenvalue weighted by molar-refractivity contribution is 9.10. The first-order chi connectivity index (χ1) is 9.38. The van der Waals surface area contributed by atoms with Crippen molar-refractivity contribution >= 4 is 21.6 Å². The van der Waals surface area contributed by atoms with Gasteiger partial charge in [0.05, 0.1) is 4.47 Å². The Bertz CT molecular complexity index is 614. The molecule has 1 nitrogen and oxygen atoms in total. The Labute approximate surface area is 128 Å². The molecule has 1 unspecified atom stereocenters. The Kier molecular flexibility index (Phi) is 4.48. The summed E-state index contributed by atoms with van der Waals surface area (Å²) in [7, 11) is 0. The summed E-state index contributed by atoms with van der Waals surface area (Å²) < 4.78 is 13.8. The number of hydrogen-bond donors (Lipinski definition) is 1. The fourth-order valence-electron chi connectivity index (χ4n) is 2.49. The summed E-state index contributed by atoms with van der Waals surface area (Å²) in [5.74, 6) is -0.233. The standard InChI is InChI=1S/C17H19BrFN/c1-10-7-11(2)17(12(3)8-10)20-13(4)14-5-6-16(19)15(18)9-14/h5-9,13,20H,1-4H3. The van der Waals surface area contributed by atoms with Crippen LogP contribution in [-0.4, -0.2) is 0 Å². The Morgan fingerprint density at radius 3 is 2.20 bits per heavy atom. The molecule has 0 aliphatic rings. The highest BCUT2D eigenvalue weighted by atomic mass is 79.9. The van der Waals surface area contributed by atoms with Crippen LogP contribution in [0.1, 0.15) is 35.2 Å². The molecule has 20 heavy (non-hydrogen) atoms. The van der Waals surface area contributed by atoms with Gasteiger partial charge in [-0.15, -0.1) is 0 Å². The van der Waals surface area contributed by atoms with Crippen molar-refractivity contribution in [2.45, 2.75) is 33.7 Å². The van der Waals surface area contributed by atoms with E-state index in [0.717, 1.165) is 11.3 Å². The first-order valence-corrected chi connectivity index (χ1v) is 7.47. The molecular weight excluding hydrogens is 317 g/mol. The van der Waals surface area contributed by atoms with Gasteiger partial charge in [-0.05, 0) is 72.4 Å². The zero-order valence-electron chi connectivity index (χ0n) is 12.2. The van der Waals surface area contributed by atoms with Gasteiger partial charge in [-0.25, -0.2) is 4.39 Å². The summed E-state index contributed by atoms with van der Waals surface area (Å²) in [6.07, 6.45) is 0. The maximum Gasteiger partial charge on any atom is 0.137 e. The molecule has 0 heterocycles. The molecule has 0 amide bonds. The fourth-order valence-corrected chi connectivity index (χ4v) is 2.89. The predicted molar refractivity (Wildman–Crippen MR) is 86.8 cm³/mol. The molecule has 2 aromatic rings. The Morgan fingerprint density at radius 2 is 1.65 bits per heavy atom. The van der Waals surface area contributed by atoms with Gasteiger partial charge in [0.2, 0.25) is 0 Å². The van der Waals surface area contributed by atoms with Crippen molar-refractivity contribution in [3.05, 3.63) is 62.9 Å². The quantitative estimate of drug-likeness (QED) is 0.760. The van der Waals surface area contributed by atoms with E-state index in [1.165, 1.54) is 22.8 Å². The van der Waals surface area contributed by atoms with Crippen LogP contribution in [0.4, 0.5) is 10.1 Å². The largest absolute Gasteiger partial charge is 0.378 e. The summed E-state index contributed by atoms with van der Waals surface area (Å²) in [4.78, 5) is 0. The van der Waals surface area contributed by atoms with E-state index >= 15 is 0 Å². The monoisotopic (exact) mass is 335 g/mol. The minimum atomic E-state index is -0.233. The summed E-state index contributed by atoms with van der Waals surface area (Å²) >= 11 is 3.24. The molecule has 0 aromatic heterocycles. The van der Waals surface area contributed by atoms with E-state index in [-0.39, 0.29) is 11.9 Å². The first kappa shape index (κ1) is 15.0. The number of rotatable bonds is 3. The van der Waals surface area contributed by atoms with Gasteiger partial charge in [-0.2, -0.15) is 0 Å². The molecule has 2 aromatic carbocycles. The van der Waals surface area contributed by atoms with E-state index in [9.17, 15) is 4.39 Å². The highest BCUT2D eigenvalue weighted by Crippen LogP contribution is 2.28. The van der Waals surface area contributed by atoms with E-state index in [1.54, 1.807) is 0 Å². The van der Waals surface area contributed by atoms with Crippen molar-refractivity contribution in [3.63, 3.8) is 0 Å². The maximum absolute atomic E-state index is 13.3. The number of aryl methyl sites for hydroxylation is 3. The summed E-state index contributed by atoms with van der Waals surface area (Å²) in [5.41, 5.74) is 5.94. The van der Waals surface area contributed by atoms with Crippen LogP contribution in [-0.2, 0) is 0 Å². The van der Waals surface area contributed by atoms with E-state index in [4.69, 9.17) is 0 Å². The molecule has 1 atom stereocenters. The first-order valence-electron chi connectivity index (χ1n) is 6.68. The van der Waals surface area contributed by atoms with Crippen molar-refractivity contribution in [1.29, 1.82) is 0 Å². The third kappa shape index (κ3) is 3.21. The topological polar surface area (TPSA) is 12.0 Å². The molecule has 106 valence electrons. The van der Waals surface area contributed by atoms with E-state index < -0.39 is 0 Å². The molecule has 0 aliphatic carbocycles. The molecule has 0 radical (unpaired) electrons. The van der Waals surface area contributed by atoms with Crippen molar-refractivity contribution < 1.29 is 4.39 Å². The van der Waals surface area contributed by atoms with Crippen LogP contribution >= 0.6 is 15.9 Å². The molecular formula is C17H19BrFN. The Morgan fingerprint density at radius 1 is 1.05 bits per heavy atom. The van der Waals surface area contributed by atoms with Gasteiger partial charge in [0.15, 0.2) is 0 Å². The average molecular weight is 336 g/mol. The normalized spacial score (nSPS) is 12.3. The van der Waals surface area contributed by atoms with Crippen molar-refractivity contribution in [2.75, 3.05) is 5.32 Å². The minimum Gasteiger partial charge on any atom is -0.378 e. The van der Waals surface area contributed by atoms with E-state index in [2.05, 4.69) is 61.1 Å². The van der Waals surface area contributed by atoms with Crippen LogP contribution in [0, 0.1) is 26.6 Å². The summed E-state index contributed by atoms with van der Waals surface area (Å²) in [5, 5.41) is 3.53. The third-order valence-corrected chi connectivity index (χ3v) is 4.09. The van der Waals surface area contributed by atoms with Crippen molar-refractivity contribution in [1.82, 2.24) is 0 Å². The molecule has 0 fully saturated rings.